The van der Waals surface area contributed by atoms with Crippen molar-refractivity contribution in [3.05, 3.63) is 59.8 Å². The van der Waals surface area contributed by atoms with Crippen molar-refractivity contribution < 1.29 is 14.0 Å². The predicted octanol–water partition coefficient (Wildman–Crippen LogP) is 2.36. The number of fused-ring (bicyclic) bond motifs is 1. The van der Waals surface area contributed by atoms with Gasteiger partial charge in [-0.15, -0.1) is 0 Å². The molecule has 0 atom stereocenters. The first kappa shape index (κ1) is 13.0. The van der Waals surface area contributed by atoms with E-state index in [2.05, 4.69) is 15.6 Å². The van der Waals surface area contributed by atoms with Crippen molar-refractivity contribution in [2.75, 3.05) is 5.48 Å². The molecule has 0 saturated heterocycles. The van der Waals surface area contributed by atoms with Crippen LogP contribution in [0.5, 0.6) is 0 Å². The van der Waals surface area contributed by atoms with Crippen LogP contribution in [0.15, 0.2) is 42.9 Å². The highest BCUT2D eigenvalue weighted by Crippen LogP contribution is 2.15. The summed E-state index contributed by atoms with van der Waals surface area (Å²) in [6, 6.07) is 6.24. The molecular weight excluding hydrogens is 275 g/mol. The average molecular weight is 286 g/mol. The Morgan fingerprint density at radius 1 is 1.38 bits per heavy atom. The number of anilines is 1. The smallest absolute Gasteiger partial charge is 0.338 e. The fraction of sp³-hybridized carbons (Fsp3) is 0.0714. The van der Waals surface area contributed by atoms with Gasteiger partial charge in [-0.25, -0.2) is 24.2 Å². The molecule has 0 aliphatic rings. The van der Waals surface area contributed by atoms with E-state index in [1.54, 1.807) is 25.3 Å². The van der Waals surface area contributed by atoms with Crippen LogP contribution in [0.4, 0.5) is 10.1 Å². The maximum atomic E-state index is 13.6. The number of benzene rings is 1. The Bertz CT molecular complexity index is 816. The number of rotatable bonds is 3. The summed E-state index contributed by atoms with van der Waals surface area (Å²) in [4.78, 5) is 20.8. The second kappa shape index (κ2) is 5.20. The van der Waals surface area contributed by atoms with Gasteiger partial charge in [-0.05, 0) is 24.6 Å². The van der Waals surface area contributed by atoms with E-state index < -0.39 is 11.8 Å². The minimum atomic E-state index is -0.681. The summed E-state index contributed by atoms with van der Waals surface area (Å²) < 4.78 is 15.0. The zero-order valence-corrected chi connectivity index (χ0v) is 11.1. The summed E-state index contributed by atoms with van der Waals surface area (Å²) >= 11 is 0. The molecule has 0 aliphatic carbocycles. The zero-order valence-electron chi connectivity index (χ0n) is 11.1. The van der Waals surface area contributed by atoms with Gasteiger partial charge in [-0.3, -0.25) is 0 Å². The lowest BCUT2D eigenvalue weighted by molar-refractivity contribution is 0.0594. The Hall–Kier alpha value is -2.96. The summed E-state index contributed by atoms with van der Waals surface area (Å²) in [5.74, 6) is -1.18. The lowest BCUT2D eigenvalue weighted by Crippen LogP contribution is -2.13. The molecule has 0 spiro atoms. The van der Waals surface area contributed by atoms with E-state index in [4.69, 9.17) is 4.84 Å². The summed E-state index contributed by atoms with van der Waals surface area (Å²) in [6.45, 7) is 1.77. The second-order valence-electron chi connectivity index (χ2n) is 4.45. The summed E-state index contributed by atoms with van der Waals surface area (Å²) in [6.07, 6.45) is 4.42. The molecule has 2 heterocycles. The highest BCUT2D eigenvalue weighted by atomic mass is 19.1. The van der Waals surface area contributed by atoms with Crippen LogP contribution >= 0.6 is 0 Å². The Labute approximate surface area is 119 Å². The van der Waals surface area contributed by atoms with Crippen LogP contribution in [0.1, 0.15) is 15.9 Å². The predicted molar refractivity (Wildman–Crippen MR) is 73.2 cm³/mol. The van der Waals surface area contributed by atoms with E-state index in [1.807, 2.05) is 0 Å². The van der Waals surface area contributed by atoms with Gasteiger partial charge < -0.3 is 4.84 Å². The molecule has 0 unspecified atom stereocenters. The number of halogens is 1. The molecule has 0 fully saturated rings. The first-order valence-corrected chi connectivity index (χ1v) is 6.16. The third-order valence-corrected chi connectivity index (χ3v) is 2.86. The van der Waals surface area contributed by atoms with Gasteiger partial charge in [0.1, 0.15) is 11.5 Å². The summed E-state index contributed by atoms with van der Waals surface area (Å²) in [7, 11) is 0. The third-order valence-electron chi connectivity index (χ3n) is 2.86. The number of carbonyl (C=O) groups excluding carboxylic acids is 1. The molecule has 6 nitrogen and oxygen atoms in total. The largest absolute Gasteiger partial charge is 0.365 e. The highest BCUT2D eigenvalue weighted by molar-refractivity contribution is 5.89. The summed E-state index contributed by atoms with van der Waals surface area (Å²) in [5, 5.41) is 3.97. The van der Waals surface area contributed by atoms with E-state index >= 15 is 0 Å². The maximum Gasteiger partial charge on any atom is 0.365 e. The molecule has 2 aromatic heterocycles. The molecule has 3 rings (SSSR count). The quantitative estimate of drug-likeness (QED) is 0.749. The monoisotopic (exact) mass is 286 g/mol. The first-order chi connectivity index (χ1) is 10.1. The van der Waals surface area contributed by atoms with Crippen LogP contribution < -0.4 is 5.48 Å². The minimum absolute atomic E-state index is 0.0853. The van der Waals surface area contributed by atoms with Crippen LogP contribution in [0.2, 0.25) is 0 Å². The Morgan fingerprint density at radius 2 is 2.24 bits per heavy atom. The lowest BCUT2D eigenvalue weighted by atomic mass is 10.2. The number of nitrogens with zero attached hydrogens (tertiary/aromatic N) is 3. The molecular formula is C14H11FN4O2. The van der Waals surface area contributed by atoms with E-state index in [1.165, 1.54) is 29.0 Å². The van der Waals surface area contributed by atoms with Crippen LogP contribution in [-0.2, 0) is 4.84 Å². The Balaban J connectivity index is 1.73. The van der Waals surface area contributed by atoms with E-state index in [9.17, 15) is 9.18 Å². The number of hydrogen-bond acceptors (Lipinski definition) is 5. The van der Waals surface area contributed by atoms with Gasteiger partial charge in [0.15, 0.2) is 5.65 Å². The van der Waals surface area contributed by atoms with Crippen LogP contribution in [0.25, 0.3) is 5.65 Å². The minimum Gasteiger partial charge on any atom is -0.338 e. The molecule has 0 aliphatic heterocycles. The van der Waals surface area contributed by atoms with Gasteiger partial charge in [-0.2, -0.15) is 5.10 Å². The van der Waals surface area contributed by atoms with Crippen molar-refractivity contribution in [3.8, 4) is 0 Å². The fourth-order valence-corrected chi connectivity index (χ4v) is 1.78. The fourth-order valence-electron chi connectivity index (χ4n) is 1.78. The molecule has 3 aromatic rings. The van der Waals surface area contributed by atoms with Crippen LogP contribution in [-0.4, -0.2) is 20.6 Å². The molecule has 21 heavy (non-hydrogen) atoms. The molecule has 0 bridgehead atoms. The van der Waals surface area contributed by atoms with Crippen LogP contribution in [0, 0.1) is 12.7 Å². The number of aryl methyl sites for hydroxylation is 1. The number of nitrogens with one attached hydrogen (secondary N) is 1. The number of hydrogen-bond donors (Lipinski definition) is 1. The normalized spacial score (nSPS) is 10.6. The molecule has 106 valence electrons. The second-order valence-corrected chi connectivity index (χ2v) is 4.45. The first-order valence-electron chi connectivity index (χ1n) is 6.16. The van der Waals surface area contributed by atoms with Crippen molar-refractivity contribution in [2.24, 2.45) is 0 Å². The molecule has 0 amide bonds. The third kappa shape index (κ3) is 2.66. The number of aromatic nitrogens is 3. The van der Waals surface area contributed by atoms with Gasteiger partial charge in [-0.1, -0.05) is 6.07 Å². The zero-order chi connectivity index (χ0) is 14.8. The van der Waals surface area contributed by atoms with E-state index in [0.717, 1.165) is 5.56 Å². The van der Waals surface area contributed by atoms with Crippen molar-refractivity contribution in [1.29, 1.82) is 0 Å². The highest BCUT2D eigenvalue weighted by Gasteiger charge is 2.11. The van der Waals surface area contributed by atoms with Crippen molar-refractivity contribution in [1.82, 2.24) is 14.6 Å². The van der Waals surface area contributed by atoms with Crippen molar-refractivity contribution in [3.63, 3.8) is 0 Å². The maximum absolute atomic E-state index is 13.6. The molecule has 7 heteroatoms. The van der Waals surface area contributed by atoms with Gasteiger partial charge in [0.05, 0.1) is 11.8 Å². The standard InChI is InChI=1S/C14H11FN4O2/c1-9-2-3-12(11(15)6-9)18-21-14(20)10-7-16-13-4-5-17-19(13)8-10/h2-8,18H,1H3. The van der Waals surface area contributed by atoms with E-state index in [-0.39, 0.29) is 11.3 Å². The molecule has 1 N–H and O–H groups in total. The average Bonchev–Trinajstić information content (AvgIpc) is 2.93. The van der Waals surface area contributed by atoms with Gasteiger partial charge in [0.25, 0.3) is 0 Å². The van der Waals surface area contributed by atoms with Crippen molar-refractivity contribution >= 4 is 17.3 Å². The Kier molecular flexibility index (Phi) is 3.23. The van der Waals surface area contributed by atoms with Crippen LogP contribution in [0.3, 0.4) is 0 Å². The SMILES string of the molecule is Cc1ccc(NOC(=O)c2cnc3ccnn3c2)c(F)c1. The van der Waals surface area contributed by atoms with Gasteiger partial charge in [0, 0.05) is 18.5 Å². The lowest BCUT2D eigenvalue weighted by Gasteiger charge is -2.08. The summed E-state index contributed by atoms with van der Waals surface area (Å²) in [5.41, 5.74) is 3.97. The molecule has 1 aromatic carbocycles. The van der Waals surface area contributed by atoms with E-state index in [0.29, 0.717) is 5.65 Å². The number of carbonyl (C=O) groups is 1. The molecule has 0 radical (unpaired) electrons. The Morgan fingerprint density at radius 3 is 3.05 bits per heavy atom. The molecule has 0 saturated carbocycles. The van der Waals surface area contributed by atoms with Gasteiger partial charge >= 0.3 is 5.97 Å². The van der Waals surface area contributed by atoms with Gasteiger partial charge in [0.2, 0.25) is 0 Å². The van der Waals surface area contributed by atoms with Crippen molar-refractivity contribution in [2.45, 2.75) is 6.92 Å². The topological polar surface area (TPSA) is 68.5 Å².